The number of nitrogens with one attached hydrogen (secondary N) is 1. The normalized spacial score (nSPS) is 16.3. The Hall–Kier alpha value is -3.42. The van der Waals surface area contributed by atoms with Crippen molar-refractivity contribution in [1.82, 2.24) is 14.9 Å². The third kappa shape index (κ3) is 4.62. The van der Waals surface area contributed by atoms with E-state index in [4.69, 9.17) is 4.74 Å². The zero-order valence-corrected chi connectivity index (χ0v) is 20.8. The highest BCUT2D eigenvalue weighted by molar-refractivity contribution is 7.92. The molecule has 0 aliphatic carbocycles. The summed E-state index contributed by atoms with van der Waals surface area (Å²) in [5, 5.41) is 10.7. The number of ether oxygens (including phenoxy) is 1. The fraction of sp³-hybridized carbons (Fsp3) is 0.375. The Morgan fingerprint density at radius 3 is 2.56 bits per heavy atom. The molecule has 34 heavy (non-hydrogen) atoms. The number of hydrogen-bond donors (Lipinski definition) is 1. The lowest BCUT2D eigenvalue weighted by atomic mass is 9.97. The summed E-state index contributed by atoms with van der Waals surface area (Å²) < 4.78 is 31.3. The average molecular weight is 481 g/mol. The summed E-state index contributed by atoms with van der Waals surface area (Å²) in [5.41, 5.74) is 3.91. The molecule has 1 aliphatic heterocycles. The Balaban J connectivity index is 1.86. The molecule has 3 aromatic rings. The van der Waals surface area contributed by atoms with Crippen molar-refractivity contribution in [2.75, 3.05) is 49.7 Å². The van der Waals surface area contributed by atoms with Crippen LogP contribution in [0.5, 0.6) is 5.88 Å². The fourth-order valence-corrected chi connectivity index (χ4v) is 4.80. The first-order valence-corrected chi connectivity index (χ1v) is 12.7. The summed E-state index contributed by atoms with van der Waals surface area (Å²) in [6.45, 7) is 6.83. The number of hydrogen-bond acceptors (Lipinski definition) is 8. The number of likely N-dealkylation sites (N-methyl/N-ethyl adjacent to an activating group) is 1. The van der Waals surface area contributed by atoms with Crippen molar-refractivity contribution in [3.8, 4) is 23.1 Å². The molecule has 1 fully saturated rings. The standard InChI is InChI=1S/C24H28N6O3S/c1-24(2)15-30(9-8-29(24)3)22-18(12-25)14-26-20-7-6-16(10-19(20)22)17-11-21(28-34(5,31)32)23(33-4)27-13-17/h6-7,10-11,13-14,28H,8-9,15H2,1-5H3. The lowest BCUT2D eigenvalue weighted by molar-refractivity contribution is 0.139. The zero-order chi connectivity index (χ0) is 24.7. The van der Waals surface area contributed by atoms with Crippen LogP contribution in [0.15, 0.2) is 36.7 Å². The van der Waals surface area contributed by atoms with E-state index in [9.17, 15) is 13.7 Å². The number of piperazine rings is 1. The van der Waals surface area contributed by atoms with Gasteiger partial charge >= 0.3 is 0 Å². The number of nitriles is 1. The summed E-state index contributed by atoms with van der Waals surface area (Å²) in [4.78, 5) is 13.4. The van der Waals surface area contributed by atoms with E-state index in [2.05, 4.69) is 51.5 Å². The van der Waals surface area contributed by atoms with Crippen LogP contribution in [0.25, 0.3) is 22.0 Å². The van der Waals surface area contributed by atoms with Crippen molar-refractivity contribution in [3.05, 3.63) is 42.2 Å². The molecule has 0 amide bonds. The van der Waals surface area contributed by atoms with E-state index >= 15 is 0 Å². The summed E-state index contributed by atoms with van der Waals surface area (Å²) in [5.74, 6) is 0.184. The van der Waals surface area contributed by atoms with E-state index in [1.165, 1.54) is 7.11 Å². The first-order valence-electron chi connectivity index (χ1n) is 10.8. The molecule has 1 N–H and O–H groups in total. The van der Waals surface area contributed by atoms with Crippen molar-refractivity contribution in [2.24, 2.45) is 0 Å². The number of aromatic nitrogens is 2. The molecule has 9 nitrogen and oxygen atoms in total. The smallest absolute Gasteiger partial charge is 0.238 e. The second-order valence-electron chi connectivity index (χ2n) is 9.17. The second-order valence-corrected chi connectivity index (χ2v) is 10.9. The minimum absolute atomic E-state index is 0.0513. The zero-order valence-electron chi connectivity index (χ0n) is 20.0. The van der Waals surface area contributed by atoms with E-state index in [0.29, 0.717) is 11.1 Å². The van der Waals surface area contributed by atoms with Crippen LogP contribution in [0.1, 0.15) is 19.4 Å². The minimum Gasteiger partial charge on any atom is -0.480 e. The molecule has 4 rings (SSSR count). The highest BCUT2D eigenvalue weighted by Crippen LogP contribution is 2.36. The van der Waals surface area contributed by atoms with Gasteiger partial charge in [-0.25, -0.2) is 13.4 Å². The molecule has 0 atom stereocenters. The van der Waals surface area contributed by atoms with Gasteiger partial charge in [0.1, 0.15) is 11.8 Å². The Labute approximate surface area is 200 Å². The topological polar surface area (TPSA) is 111 Å². The maximum Gasteiger partial charge on any atom is 0.238 e. The molecule has 0 radical (unpaired) electrons. The van der Waals surface area contributed by atoms with E-state index in [-0.39, 0.29) is 17.1 Å². The van der Waals surface area contributed by atoms with Crippen LogP contribution < -0.4 is 14.4 Å². The van der Waals surface area contributed by atoms with Crippen LogP contribution in [-0.2, 0) is 10.0 Å². The van der Waals surface area contributed by atoms with Crippen molar-refractivity contribution in [1.29, 1.82) is 5.26 Å². The Morgan fingerprint density at radius 2 is 1.91 bits per heavy atom. The van der Waals surface area contributed by atoms with E-state index in [0.717, 1.165) is 48.0 Å². The van der Waals surface area contributed by atoms with Gasteiger partial charge < -0.3 is 9.64 Å². The van der Waals surface area contributed by atoms with Crippen LogP contribution in [0.4, 0.5) is 11.4 Å². The predicted molar refractivity (Wildman–Crippen MR) is 134 cm³/mol. The number of rotatable bonds is 5. The monoisotopic (exact) mass is 480 g/mol. The molecule has 10 heteroatoms. The van der Waals surface area contributed by atoms with Crippen LogP contribution in [-0.4, -0.2) is 68.9 Å². The SMILES string of the molecule is COc1ncc(-c2ccc3ncc(C#N)c(N4CCN(C)C(C)(C)C4)c3c2)cc1NS(C)(=O)=O. The van der Waals surface area contributed by atoms with Gasteiger partial charge in [-0.2, -0.15) is 5.26 Å². The van der Waals surface area contributed by atoms with Crippen molar-refractivity contribution in [3.63, 3.8) is 0 Å². The number of fused-ring (bicyclic) bond motifs is 1. The lowest BCUT2D eigenvalue weighted by Crippen LogP contribution is -2.57. The first kappa shape index (κ1) is 23.7. The van der Waals surface area contributed by atoms with Crippen molar-refractivity contribution in [2.45, 2.75) is 19.4 Å². The van der Waals surface area contributed by atoms with E-state index in [1.807, 2.05) is 18.2 Å². The third-order valence-corrected chi connectivity index (χ3v) is 6.86. The van der Waals surface area contributed by atoms with Gasteiger partial charge in [-0.3, -0.25) is 14.6 Å². The Morgan fingerprint density at radius 1 is 1.15 bits per heavy atom. The molecular formula is C24H28N6O3S. The predicted octanol–water partition coefficient (Wildman–Crippen LogP) is 3.08. The average Bonchev–Trinajstić information content (AvgIpc) is 2.78. The molecule has 1 aromatic carbocycles. The van der Waals surface area contributed by atoms with Gasteiger partial charge in [0.2, 0.25) is 15.9 Å². The van der Waals surface area contributed by atoms with Crippen LogP contribution in [0, 0.1) is 11.3 Å². The van der Waals surface area contributed by atoms with Gasteiger partial charge in [-0.05, 0) is 44.7 Å². The maximum atomic E-state index is 11.8. The molecular weight excluding hydrogens is 452 g/mol. The number of anilines is 2. The Kier molecular flexibility index (Phi) is 6.10. The molecule has 3 heterocycles. The largest absolute Gasteiger partial charge is 0.480 e. The molecule has 0 saturated carbocycles. The number of nitrogens with zero attached hydrogens (tertiary/aromatic N) is 5. The van der Waals surface area contributed by atoms with Gasteiger partial charge in [0.05, 0.1) is 30.1 Å². The Bertz CT molecular complexity index is 1400. The maximum absolute atomic E-state index is 11.8. The van der Waals surface area contributed by atoms with Crippen molar-refractivity contribution < 1.29 is 13.2 Å². The molecule has 0 unspecified atom stereocenters. The highest BCUT2D eigenvalue weighted by Gasteiger charge is 2.32. The van der Waals surface area contributed by atoms with Gasteiger partial charge in [0, 0.05) is 48.5 Å². The van der Waals surface area contributed by atoms with Gasteiger partial charge in [-0.15, -0.1) is 0 Å². The lowest BCUT2D eigenvalue weighted by Gasteiger charge is -2.46. The summed E-state index contributed by atoms with van der Waals surface area (Å²) >= 11 is 0. The third-order valence-electron chi connectivity index (χ3n) is 6.27. The summed E-state index contributed by atoms with van der Waals surface area (Å²) in [7, 11) is 0.0342. The highest BCUT2D eigenvalue weighted by atomic mass is 32.2. The second kappa shape index (κ2) is 8.74. The van der Waals surface area contributed by atoms with E-state index in [1.54, 1.807) is 18.5 Å². The number of pyridine rings is 2. The molecule has 0 bridgehead atoms. The van der Waals surface area contributed by atoms with Gasteiger partial charge in [0.15, 0.2) is 0 Å². The number of sulfonamides is 1. The molecule has 0 spiro atoms. The number of benzene rings is 1. The summed E-state index contributed by atoms with van der Waals surface area (Å²) in [6.07, 6.45) is 4.34. The van der Waals surface area contributed by atoms with Crippen LogP contribution >= 0.6 is 0 Å². The number of methoxy groups -OCH3 is 1. The van der Waals surface area contributed by atoms with Gasteiger partial charge in [0.25, 0.3) is 0 Å². The molecule has 178 valence electrons. The minimum atomic E-state index is -3.52. The fourth-order valence-electron chi connectivity index (χ4n) is 4.26. The molecule has 1 aliphatic rings. The molecule has 2 aromatic heterocycles. The van der Waals surface area contributed by atoms with Crippen molar-refractivity contribution >= 4 is 32.3 Å². The quantitative estimate of drug-likeness (QED) is 0.593. The van der Waals surface area contributed by atoms with Gasteiger partial charge in [-0.1, -0.05) is 6.07 Å². The summed E-state index contributed by atoms with van der Waals surface area (Å²) in [6, 6.07) is 9.80. The van der Waals surface area contributed by atoms with E-state index < -0.39 is 10.0 Å². The van der Waals surface area contributed by atoms with Crippen LogP contribution in [0.2, 0.25) is 0 Å². The van der Waals surface area contributed by atoms with Crippen LogP contribution in [0.3, 0.4) is 0 Å². The molecule has 1 saturated heterocycles. The first-order chi connectivity index (χ1) is 16.0.